The van der Waals surface area contributed by atoms with Crippen LogP contribution in [0.5, 0.6) is 0 Å². The maximum absolute atomic E-state index is 3.60. The van der Waals surface area contributed by atoms with E-state index in [1.54, 1.807) is 0 Å². The molecule has 1 fully saturated rings. The molecular weight excluding hydrogens is 210 g/mol. The van der Waals surface area contributed by atoms with Crippen molar-refractivity contribution < 1.29 is 0 Å². The van der Waals surface area contributed by atoms with Crippen LogP contribution < -0.4 is 5.32 Å². The van der Waals surface area contributed by atoms with Gasteiger partial charge in [-0.3, -0.25) is 0 Å². The molecular formula is C14H25N3. The molecule has 1 aromatic heterocycles. The van der Waals surface area contributed by atoms with Crippen molar-refractivity contribution in [3.05, 3.63) is 24.0 Å². The predicted octanol–water partition coefficient (Wildman–Crippen LogP) is 1.94. The van der Waals surface area contributed by atoms with E-state index in [2.05, 4.69) is 47.1 Å². The van der Waals surface area contributed by atoms with Crippen molar-refractivity contribution in [2.45, 2.75) is 32.9 Å². The minimum atomic E-state index is 0.842. The summed E-state index contributed by atoms with van der Waals surface area (Å²) in [5, 5.41) is 3.60. The third kappa shape index (κ3) is 3.58. The SMILES string of the molecule is CCCn1cccc1CNCC1CCN(C)C1. The van der Waals surface area contributed by atoms with Crippen LogP contribution in [0.25, 0.3) is 0 Å². The van der Waals surface area contributed by atoms with Crippen LogP contribution in [0.2, 0.25) is 0 Å². The van der Waals surface area contributed by atoms with Gasteiger partial charge >= 0.3 is 0 Å². The number of aryl methyl sites for hydroxylation is 1. The van der Waals surface area contributed by atoms with Gasteiger partial charge in [0.1, 0.15) is 0 Å². The molecule has 1 N–H and O–H groups in total. The van der Waals surface area contributed by atoms with Crippen LogP contribution >= 0.6 is 0 Å². The summed E-state index contributed by atoms with van der Waals surface area (Å²) < 4.78 is 2.35. The normalized spacial score (nSPS) is 21.2. The first-order valence-electron chi connectivity index (χ1n) is 6.83. The lowest BCUT2D eigenvalue weighted by atomic mass is 10.1. The van der Waals surface area contributed by atoms with Gasteiger partial charge in [-0.15, -0.1) is 0 Å². The smallest absolute Gasteiger partial charge is 0.0359 e. The standard InChI is InChI=1S/C14H25N3/c1-3-7-17-8-4-5-14(17)11-15-10-13-6-9-16(2)12-13/h4-5,8,13,15H,3,6-7,9-12H2,1-2H3. The largest absolute Gasteiger partial charge is 0.350 e. The summed E-state index contributed by atoms with van der Waals surface area (Å²) in [6.45, 7) is 8.04. The quantitative estimate of drug-likeness (QED) is 0.813. The first-order chi connectivity index (χ1) is 8.29. The molecule has 1 saturated heterocycles. The molecule has 3 nitrogen and oxygen atoms in total. The maximum atomic E-state index is 3.60. The van der Waals surface area contributed by atoms with Gasteiger partial charge in [0, 0.05) is 31.5 Å². The molecule has 2 rings (SSSR count). The number of hydrogen-bond acceptors (Lipinski definition) is 2. The number of likely N-dealkylation sites (tertiary alicyclic amines) is 1. The summed E-state index contributed by atoms with van der Waals surface area (Å²) in [6, 6.07) is 4.37. The lowest BCUT2D eigenvalue weighted by molar-refractivity contribution is 0.387. The molecule has 96 valence electrons. The Bertz CT molecular complexity index is 332. The van der Waals surface area contributed by atoms with Crippen LogP contribution in [0, 0.1) is 5.92 Å². The Morgan fingerprint density at radius 2 is 2.35 bits per heavy atom. The molecule has 0 spiro atoms. The molecule has 17 heavy (non-hydrogen) atoms. The molecule has 1 aromatic rings. The topological polar surface area (TPSA) is 20.2 Å². The Balaban J connectivity index is 1.72. The molecule has 3 heteroatoms. The lowest BCUT2D eigenvalue weighted by Crippen LogP contribution is -2.25. The molecule has 2 heterocycles. The summed E-state index contributed by atoms with van der Waals surface area (Å²) in [5.74, 6) is 0.842. The predicted molar refractivity (Wildman–Crippen MR) is 72.0 cm³/mol. The molecule has 0 saturated carbocycles. The second kappa shape index (κ2) is 6.22. The van der Waals surface area contributed by atoms with Crippen LogP contribution in [-0.4, -0.2) is 36.1 Å². The van der Waals surface area contributed by atoms with E-state index in [1.165, 1.54) is 31.6 Å². The summed E-state index contributed by atoms with van der Waals surface area (Å²) >= 11 is 0. The van der Waals surface area contributed by atoms with E-state index in [1.807, 2.05) is 0 Å². The second-order valence-corrected chi connectivity index (χ2v) is 5.24. The molecule has 0 bridgehead atoms. The summed E-state index contributed by atoms with van der Waals surface area (Å²) in [5.41, 5.74) is 1.42. The van der Waals surface area contributed by atoms with E-state index in [4.69, 9.17) is 0 Å². The van der Waals surface area contributed by atoms with Crippen LogP contribution in [0.1, 0.15) is 25.5 Å². The summed E-state index contributed by atoms with van der Waals surface area (Å²) in [6.07, 6.45) is 4.73. The van der Waals surface area contributed by atoms with Gasteiger partial charge in [0.2, 0.25) is 0 Å². The molecule has 1 atom stereocenters. The van der Waals surface area contributed by atoms with Crippen molar-refractivity contribution in [3.8, 4) is 0 Å². The number of hydrogen-bond donors (Lipinski definition) is 1. The Morgan fingerprint density at radius 1 is 1.47 bits per heavy atom. The number of nitrogens with one attached hydrogen (secondary N) is 1. The maximum Gasteiger partial charge on any atom is 0.0359 e. The summed E-state index contributed by atoms with van der Waals surface area (Å²) in [4.78, 5) is 2.42. The number of aromatic nitrogens is 1. The Hall–Kier alpha value is -0.800. The van der Waals surface area contributed by atoms with E-state index in [0.717, 1.165) is 25.6 Å². The monoisotopic (exact) mass is 235 g/mol. The van der Waals surface area contributed by atoms with Crippen molar-refractivity contribution in [1.29, 1.82) is 0 Å². The van der Waals surface area contributed by atoms with Gasteiger partial charge in [-0.1, -0.05) is 6.92 Å². The van der Waals surface area contributed by atoms with Crippen LogP contribution in [0.4, 0.5) is 0 Å². The number of nitrogens with zero attached hydrogens (tertiary/aromatic N) is 2. The van der Waals surface area contributed by atoms with Crippen molar-refractivity contribution >= 4 is 0 Å². The van der Waals surface area contributed by atoms with Crippen molar-refractivity contribution in [3.63, 3.8) is 0 Å². The van der Waals surface area contributed by atoms with Gasteiger partial charge in [0.15, 0.2) is 0 Å². The van der Waals surface area contributed by atoms with Crippen molar-refractivity contribution in [2.24, 2.45) is 5.92 Å². The lowest BCUT2D eigenvalue weighted by Gasteiger charge is -2.13. The average Bonchev–Trinajstić information content (AvgIpc) is 2.90. The van der Waals surface area contributed by atoms with Gasteiger partial charge in [0.25, 0.3) is 0 Å². The highest BCUT2D eigenvalue weighted by atomic mass is 15.1. The molecule has 0 amide bonds. The van der Waals surface area contributed by atoms with Crippen LogP contribution in [-0.2, 0) is 13.1 Å². The third-order valence-electron chi connectivity index (χ3n) is 3.62. The van der Waals surface area contributed by atoms with Gasteiger partial charge in [-0.25, -0.2) is 0 Å². The highest BCUT2D eigenvalue weighted by Crippen LogP contribution is 2.13. The van der Waals surface area contributed by atoms with Crippen LogP contribution in [0.3, 0.4) is 0 Å². The van der Waals surface area contributed by atoms with Gasteiger partial charge < -0.3 is 14.8 Å². The van der Waals surface area contributed by atoms with Crippen molar-refractivity contribution in [2.75, 3.05) is 26.7 Å². The van der Waals surface area contributed by atoms with Gasteiger partial charge in [0.05, 0.1) is 0 Å². The Morgan fingerprint density at radius 3 is 3.06 bits per heavy atom. The van der Waals surface area contributed by atoms with Crippen LogP contribution in [0.15, 0.2) is 18.3 Å². The highest BCUT2D eigenvalue weighted by Gasteiger charge is 2.18. The van der Waals surface area contributed by atoms with Gasteiger partial charge in [-0.2, -0.15) is 0 Å². The zero-order valence-corrected chi connectivity index (χ0v) is 11.2. The minimum absolute atomic E-state index is 0.842. The second-order valence-electron chi connectivity index (χ2n) is 5.24. The Kier molecular flexibility index (Phi) is 4.63. The first-order valence-corrected chi connectivity index (χ1v) is 6.83. The fourth-order valence-corrected chi connectivity index (χ4v) is 2.67. The molecule has 0 radical (unpaired) electrons. The zero-order chi connectivity index (χ0) is 12.1. The molecule has 1 aliphatic rings. The van der Waals surface area contributed by atoms with E-state index in [0.29, 0.717) is 0 Å². The van der Waals surface area contributed by atoms with E-state index in [-0.39, 0.29) is 0 Å². The average molecular weight is 235 g/mol. The molecule has 0 aliphatic carbocycles. The van der Waals surface area contributed by atoms with E-state index >= 15 is 0 Å². The van der Waals surface area contributed by atoms with Crippen molar-refractivity contribution in [1.82, 2.24) is 14.8 Å². The Labute approximate surface area is 105 Å². The van der Waals surface area contributed by atoms with E-state index in [9.17, 15) is 0 Å². The molecule has 1 aliphatic heterocycles. The van der Waals surface area contributed by atoms with Gasteiger partial charge in [-0.05, 0) is 51.0 Å². The fourth-order valence-electron chi connectivity index (χ4n) is 2.67. The number of rotatable bonds is 6. The van der Waals surface area contributed by atoms with E-state index < -0.39 is 0 Å². The minimum Gasteiger partial charge on any atom is -0.350 e. The molecule has 0 aromatic carbocycles. The fraction of sp³-hybridized carbons (Fsp3) is 0.714. The highest BCUT2D eigenvalue weighted by molar-refractivity contribution is 5.06. The third-order valence-corrected chi connectivity index (χ3v) is 3.62. The molecule has 1 unspecified atom stereocenters. The zero-order valence-electron chi connectivity index (χ0n) is 11.2. The summed E-state index contributed by atoms with van der Waals surface area (Å²) in [7, 11) is 2.21. The first kappa shape index (κ1) is 12.7.